The first-order valence-electron chi connectivity index (χ1n) is 10.7. The molecule has 0 saturated heterocycles. The maximum absolute atomic E-state index is 10.7. The molecular weight excluding hydrogens is 635 g/mol. The van der Waals surface area contributed by atoms with Crippen LogP contribution in [0.15, 0.2) is 109 Å². The first-order chi connectivity index (χ1) is 17.0. The van der Waals surface area contributed by atoms with Crippen molar-refractivity contribution in [1.82, 2.24) is 15.0 Å². The van der Waals surface area contributed by atoms with Crippen molar-refractivity contribution >= 4 is 5.97 Å². The Morgan fingerprint density at radius 3 is 1.61 bits per heavy atom. The number of aromatic hydroxyl groups is 2. The van der Waals surface area contributed by atoms with Gasteiger partial charge in [0.25, 0.3) is 0 Å². The van der Waals surface area contributed by atoms with Crippen molar-refractivity contribution in [3.8, 4) is 45.4 Å². The van der Waals surface area contributed by atoms with E-state index >= 15 is 0 Å². The fourth-order valence-electron chi connectivity index (χ4n) is 3.33. The van der Waals surface area contributed by atoms with E-state index in [1.807, 2.05) is 48.5 Å². The van der Waals surface area contributed by atoms with Gasteiger partial charge in [-0.3, -0.25) is 4.98 Å². The monoisotopic (exact) mass is 656 g/mol. The molecule has 1 radical (unpaired) electrons. The number of rotatable bonds is 4. The Morgan fingerprint density at radius 2 is 1.06 bits per heavy atom. The minimum atomic E-state index is -1.09. The topological polar surface area (TPSA) is 116 Å². The average molecular weight is 656 g/mol. The summed E-state index contributed by atoms with van der Waals surface area (Å²) >= 11 is 0. The van der Waals surface area contributed by atoms with E-state index in [4.69, 9.17) is 5.11 Å². The van der Waals surface area contributed by atoms with Gasteiger partial charge in [0.2, 0.25) is 0 Å². The Labute approximate surface area is 221 Å². The van der Waals surface area contributed by atoms with E-state index in [9.17, 15) is 15.0 Å². The molecule has 3 aromatic heterocycles. The summed E-state index contributed by atoms with van der Waals surface area (Å²) in [5.74, 6) is -0.775. The molecule has 0 bridgehead atoms. The second-order valence-electron chi connectivity index (χ2n) is 7.37. The molecule has 0 amide bonds. The Bertz CT molecular complexity index is 1460. The van der Waals surface area contributed by atoms with Gasteiger partial charge in [-0.15, -0.1) is 0 Å². The van der Waals surface area contributed by atoms with Gasteiger partial charge >= 0.3 is 5.97 Å². The molecule has 0 aliphatic carbocycles. The summed E-state index contributed by atoms with van der Waals surface area (Å²) in [4.78, 5) is 23.5. The summed E-state index contributed by atoms with van der Waals surface area (Å²) in [5.41, 5.74) is 3.99. The molecule has 181 valence electrons. The zero-order valence-electron chi connectivity index (χ0n) is 18.8. The average Bonchev–Trinajstić information content (AvgIpc) is 2.90. The molecule has 3 heterocycles. The van der Waals surface area contributed by atoms with Crippen LogP contribution in [0.3, 0.4) is 0 Å². The largest absolute Gasteiger partial charge is 0.507 e. The quantitative estimate of drug-likeness (QED) is 0.229. The van der Waals surface area contributed by atoms with Crippen LogP contribution in [0.25, 0.3) is 33.9 Å². The fraction of sp³-hybridized carbons (Fsp3) is 0. The molecule has 5 rings (SSSR count). The molecule has 0 atom stereocenters. The van der Waals surface area contributed by atoms with Crippen molar-refractivity contribution < 1.29 is 40.2 Å². The van der Waals surface area contributed by atoms with Crippen molar-refractivity contribution in [3.63, 3.8) is 0 Å². The van der Waals surface area contributed by atoms with Crippen molar-refractivity contribution in [3.05, 3.63) is 115 Å². The molecule has 8 heteroatoms. The number of pyridine rings is 3. The number of carboxylic acid groups (broad SMARTS) is 1. The van der Waals surface area contributed by atoms with Gasteiger partial charge in [-0.25, -0.2) is 14.8 Å². The van der Waals surface area contributed by atoms with Crippen molar-refractivity contribution in [1.29, 1.82) is 0 Å². The molecule has 3 N–H and O–H groups in total. The standard InChI is InChI=1S/C16H12N2O.C12H9NO3.Ir/c19-16-10-2-1-6-12(16)13-8-5-9-15(18-13)14-7-3-4-11-17-14;14-11-7-2-1-4-8(11)9-5-3-6-10(13-9)12(15)16;/h1-11,19H;1-7,14H,(H,15,16);. The Morgan fingerprint density at radius 1 is 0.556 bits per heavy atom. The number of hydrogen-bond acceptors (Lipinski definition) is 6. The van der Waals surface area contributed by atoms with E-state index in [2.05, 4.69) is 15.0 Å². The minimum Gasteiger partial charge on any atom is -0.507 e. The SMILES string of the molecule is O=C(O)c1cccc(-c2ccccc2O)n1.Oc1ccccc1-c1cccc(-c2ccccn2)n1.[Ir]. The zero-order chi connectivity index (χ0) is 24.6. The molecule has 0 saturated carbocycles. The van der Waals surface area contributed by atoms with Crippen molar-refractivity contribution in [2.24, 2.45) is 0 Å². The van der Waals surface area contributed by atoms with Crippen LogP contribution in [0.5, 0.6) is 11.5 Å². The van der Waals surface area contributed by atoms with Crippen LogP contribution < -0.4 is 0 Å². The number of phenolic OH excluding ortho intramolecular Hbond substituents is 2. The van der Waals surface area contributed by atoms with E-state index in [0.717, 1.165) is 22.6 Å². The number of carboxylic acids is 1. The van der Waals surface area contributed by atoms with Gasteiger partial charge in [0.1, 0.15) is 17.2 Å². The van der Waals surface area contributed by atoms with Gasteiger partial charge in [0.05, 0.1) is 22.8 Å². The summed E-state index contributed by atoms with van der Waals surface area (Å²) in [6, 6.07) is 29.9. The summed E-state index contributed by atoms with van der Waals surface area (Å²) in [6.45, 7) is 0. The number of para-hydroxylation sites is 2. The van der Waals surface area contributed by atoms with E-state index in [1.54, 1.807) is 48.7 Å². The van der Waals surface area contributed by atoms with Crippen LogP contribution >= 0.6 is 0 Å². The third kappa shape index (κ3) is 6.38. The smallest absolute Gasteiger partial charge is 0.354 e. The Kier molecular flexibility index (Phi) is 9.00. The number of aromatic nitrogens is 3. The summed E-state index contributed by atoms with van der Waals surface area (Å²) in [6.07, 6.45) is 1.74. The number of nitrogens with zero attached hydrogens (tertiary/aromatic N) is 3. The summed E-state index contributed by atoms with van der Waals surface area (Å²) in [5, 5.41) is 28.3. The van der Waals surface area contributed by atoms with Crippen LogP contribution in [-0.4, -0.2) is 36.2 Å². The summed E-state index contributed by atoms with van der Waals surface area (Å²) < 4.78 is 0. The van der Waals surface area contributed by atoms with Crippen LogP contribution in [0.2, 0.25) is 0 Å². The first-order valence-corrected chi connectivity index (χ1v) is 10.7. The van der Waals surface area contributed by atoms with E-state index in [1.165, 1.54) is 12.1 Å². The van der Waals surface area contributed by atoms with Crippen molar-refractivity contribution in [2.45, 2.75) is 0 Å². The fourth-order valence-corrected chi connectivity index (χ4v) is 3.33. The van der Waals surface area contributed by atoms with Gasteiger partial charge in [0.15, 0.2) is 0 Å². The van der Waals surface area contributed by atoms with Gasteiger partial charge in [-0.05, 0) is 60.7 Å². The molecule has 0 fully saturated rings. The molecule has 0 spiro atoms. The molecule has 0 aliphatic rings. The third-order valence-electron chi connectivity index (χ3n) is 5.00. The predicted molar refractivity (Wildman–Crippen MR) is 133 cm³/mol. The Balaban J connectivity index is 0.000000198. The van der Waals surface area contributed by atoms with Crippen LogP contribution in [0.4, 0.5) is 0 Å². The van der Waals surface area contributed by atoms with Crippen LogP contribution in [-0.2, 0) is 20.1 Å². The van der Waals surface area contributed by atoms with Gasteiger partial charge < -0.3 is 15.3 Å². The van der Waals surface area contributed by atoms with Crippen LogP contribution in [0.1, 0.15) is 10.5 Å². The maximum Gasteiger partial charge on any atom is 0.354 e. The number of carbonyl (C=O) groups is 1. The summed E-state index contributed by atoms with van der Waals surface area (Å²) in [7, 11) is 0. The predicted octanol–water partition coefficient (Wildman–Crippen LogP) is 5.67. The normalized spacial score (nSPS) is 9.89. The zero-order valence-corrected chi connectivity index (χ0v) is 21.2. The third-order valence-corrected chi connectivity index (χ3v) is 5.00. The molecule has 36 heavy (non-hydrogen) atoms. The second kappa shape index (κ2) is 12.4. The molecule has 2 aromatic carbocycles. The van der Waals surface area contributed by atoms with E-state index in [0.29, 0.717) is 11.3 Å². The van der Waals surface area contributed by atoms with Gasteiger partial charge in [-0.1, -0.05) is 42.5 Å². The number of benzene rings is 2. The van der Waals surface area contributed by atoms with Gasteiger partial charge in [-0.2, -0.15) is 0 Å². The number of aromatic carboxylic acids is 1. The van der Waals surface area contributed by atoms with E-state index in [-0.39, 0.29) is 37.3 Å². The maximum atomic E-state index is 10.7. The molecule has 0 unspecified atom stereocenters. The molecule has 5 aromatic rings. The van der Waals surface area contributed by atoms with Gasteiger partial charge in [0, 0.05) is 37.4 Å². The Hall–Kier alpha value is -4.39. The van der Waals surface area contributed by atoms with Crippen LogP contribution in [0, 0.1) is 0 Å². The molecule has 7 nitrogen and oxygen atoms in total. The number of hydrogen-bond donors (Lipinski definition) is 3. The van der Waals surface area contributed by atoms with E-state index < -0.39 is 5.97 Å². The minimum absolute atomic E-state index is 0. The second-order valence-corrected chi connectivity index (χ2v) is 7.37. The molecular formula is C28H21IrN3O4. The first kappa shape index (κ1) is 26.2. The van der Waals surface area contributed by atoms with Crippen molar-refractivity contribution in [2.75, 3.05) is 0 Å². The number of phenols is 2. The molecule has 0 aliphatic heterocycles.